The predicted molar refractivity (Wildman–Crippen MR) is 63.5 cm³/mol. The Morgan fingerprint density at radius 1 is 1.76 bits per heavy atom. The molecule has 17 heavy (non-hydrogen) atoms. The highest BCUT2D eigenvalue weighted by molar-refractivity contribution is 5.83. The van der Waals surface area contributed by atoms with Crippen LogP contribution in [0.5, 0.6) is 0 Å². The van der Waals surface area contributed by atoms with Crippen molar-refractivity contribution in [3.63, 3.8) is 0 Å². The van der Waals surface area contributed by atoms with Crippen molar-refractivity contribution in [2.75, 3.05) is 6.61 Å². The molecule has 2 heterocycles. The van der Waals surface area contributed by atoms with Gasteiger partial charge in [0.05, 0.1) is 5.92 Å². The number of imidazole rings is 1. The van der Waals surface area contributed by atoms with E-state index in [-0.39, 0.29) is 24.5 Å². The molecular weight excluding hydrogens is 218 g/mol. The molecule has 0 aliphatic carbocycles. The molecule has 0 aromatic carbocycles. The number of hydrogen-bond acceptors (Lipinski definition) is 3. The van der Waals surface area contributed by atoms with Crippen LogP contribution in [0, 0.1) is 0 Å². The number of aliphatic hydroxyl groups is 1. The molecule has 2 atom stereocenters. The van der Waals surface area contributed by atoms with Gasteiger partial charge in [-0.15, -0.1) is 0 Å². The number of rotatable bonds is 4. The van der Waals surface area contributed by atoms with Crippen LogP contribution in [0.4, 0.5) is 0 Å². The lowest BCUT2D eigenvalue weighted by Crippen LogP contribution is -2.38. The number of nitrogens with zero attached hydrogens (tertiary/aromatic N) is 2. The normalized spacial score (nSPS) is 20.7. The van der Waals surface area contributed by atoms with E-state index in [2.05, 4.69) is 10.3 Å². The molecule has 0 bridgehead atoms. The van der Waals surface area contributed by atoms with Gasteiger partial charge in [-0.25, -0.2) is 4.98 Å². The van der Waals surface area contributed by atoms with Crippen LogP contribution in [0.1, 0.15) is 37.9 Å². The van der Waals surface area contributed by atoms with E-state index < -0.39 is 0 Å². The van der Waals surface area contributed by atoms with Crippen LogP contribution < -0.4 is 5.32 Å². The molecular formula is C12H19N3O2. The SMILES string of the molecule is CC(CCO)NC(=O)C1CCCn2ccnc21. The van der Waals surface area contributed by atoms with E-state index in [0.29, 0.717) is 6.42 Å². The Hall–Kier alpha value is -1.36. The molecule has 1 aromatic rings. The van der Waals surface area contributed by atoms with Crippen molar-refractivity contribution in [1.82, 2.24) is 14.9 Å². The molecule has 1 aromatic heterocycles. The van der Waals surface area contributed by atoms with Crippen molar-refractivity contribution < 1.29 is 9.90 Å². The van der Waals surface area contributed by atoms with Crippen molar-refractivity contribution in [3.05, 3.63) is 18.2 Å². The Labute approximate surface area is 101 Å². The summed E-state index contributed by atoms with van der Waals surface area (Å²) in [4.78, 5) is 16.4. The minimum absolute atomic E-state index is 0.0119. The van der Waals surface area contributed by atoms with Crippen molar-refractivity contribution in [2.24, 2.45) is 0 Å². The predicted octanol–water partition coefficient (Wildman–Crippen LogP) is 0.648. The molecule has 2 N–H and O–H groups in total. The lowest BCUT2D eigenvalue weighted by molar-refractivity contribution is -0.123. The number of carbonyl (C=O) groups excluding carboxylic acids is 1. The van der Waals surface area contributed by atoms with Crippen LogP contribution in [0.3, 0.4) is 0 Å². The summed E-state index contributed by atoms with van der Waals surface area (Å²) < 4.78 is 2.05. The first-order valence-corrected chi connectivity index (χ1v) is 6.14. The van der Waals surface area contributed by atoms with E-state index in [1.54, 1.807) is 6.20 Å². The zero-order valence-corrected chi connectivity index (χ0v) is 10.1. The zero-order valence-electron chi connectivity index (χ0n) is 10.1. The number of aryl methyl sites for hydroxylation is 1. The average molecular weight is 237 g/mol. The van der Waals surface area contributed by atoms with Gasteiger partial charge in [-0.1, -0.05) is 0 Å². The molecule has 1 amide bonds. The zero-order chi connectivity index (χ0) is 12.3. The maximum Gasteiger partial charge on any atom is 0.230 e. The number of aliphatic hydroxyl groups excluding tert-OH is 1. The first kappa shape index (κ1) is 12.1. The Bertz CT molecular complexity index is 389. The quantitative estimate of drug-likeness (QED) is 0.808. The summed E-state index contributed by atoms with van der Waals surface area (Å²) in [7, 11) is 0. The summed E-state index contributed by atoms with van der Waals surface area (Å²) in [6.45, 7) is 2.95. The first-order valence-electron chi connectivity index (χ1n) is 6.14. The van der Waals surface area contributed by atoms with Gasteiger partial charge in [-0.05, 0) is 26.2 Å². The van der Waals surface area contributed by atoms with Crippen LogP contribution >= 0.6 is 0 Å². The van der Waals surface area contributed by atoms with E-state index in [1.807, 2.05) is 17.7 Å². The Kier molecular flexibility index (Phi) is 3.78. The number of aromatic nitrogens is 2. The van der Waals surface area contributed by atoms with Gasteiger partial charge >= 0.3 is 0 Å². The van der Waals surface area contributed by atoms with Crippen molar-refractivity contribution in [1.29, 1.82) is 0 Å². The Morgan fingerprint density at radius 2 is 2.59 bits per heavy atom. The van der Waals surface area contributed by atoms with Crippen LogP contribution in [-0.2, 0) is 11.3 Å². The summed E-state index contributed by atoms with van der Waals surface area (Å²) in [6, 6.07) is 0.0119. The first-order chi connectivity index (χ1) is 8.22. The van der Waals surface area contributed by atoms with Crippen LogP contribution in [0.25, 0.3) is 0 Å². The second kappa shape index (κ2) is 5.31. The van der Waals surface area contributed by atoms with Crippen LogP contribution in [0.15, 0.2) is 12.4 Å². The molecule has 0 fully saturated rings. The van der Waals surface area contributed by atoms with Gasteiger partial charge in [0.25, 0.3) is 0 Å². The van der Waals surface area contributed by atoms with Crippen molar-refractivity contribution >= 4 is 5.91 Å². The molecule has 5 nitrogen and oxygen atoms in total. The summed E-state index contributed by atoms with van der Waals surface area (Å²) >= 11 is 0. The highest BCUT2D eigenvalue weighted by Crippen LogP contribution is 2.25. The third-order valence-electron chi connectivity index (χ3n) is 3.22. The van der Waals surface area contributed by atoms with Crippen molar-refractivity contribution in [3.8, 4) is 0 Å². The van der Waals surface area contributed by atoms with E-state index in [0.717, 1.165) is 25.2 Å². The van der Waals surface area contributed by atoms with Gasteiger partial charge in [-0.3, -0.25) is 4.79 Å². The van der Waals surface area contributed by atoms with Crippen LogP contribution in [0.2, 0.25) is 0 Å². The van der Waals surface area contributed by atoms with E-state index in [4.69, 9.17) is 5.11 Å². The van der Waals surface area contributed by atoms with Gasteiger partial charge in [0.1, 0.15) is 5.82 Å². The molecule has 5 heteroatoms. The van der Waals surface area contributed by atoms with E-state index in [9.17, 15) is 4.79 Å². The maximum atomic E-state index is 12.1. The highest BCUT2D eigenvalue weighted by atomic mass is 16.3. The fourth-order valence-electron chi connectivity index (χ4n) is 2.27. The second-order valence-corrected chi connectivity index (χ2v) is 4.60. The van der Waals surface area contributed by atoms with Gasteiger partial charge in [-0.2, -0.15) is 0 Å². The van der Waals surface area contributed by atoms with Gasteiger partial charge < -0.3 is 15.0 Å². The smallest absolute Gasteiger partial charge is 0.230 e. The van der Waals surface area contributed by atoms with Gasteiger partial charge in [0, 0.05) is 31.6 Å². The Morgan fingerprint density at radius 3 is 3.35 bits per heavy atom. The van der Waals surface area contributed by atoms with E-state index in [1.165, 1.54) is 0 Å². The van der Waals surface area contributed by atoms with Crippen molar-refractivity contribution in [2.45, 2.75) is 44.7 Å². The minimum atomic E-state index is -0.139. The summed E-state index contributed by atoms with van der Waals surface area (Å²) in [6.07, 6.45) is 6.13. The molecule has 0 radical (unpaired) electrons. The number of hydrogen-bond donors (Lipinski definition) is 2. The highest BCUT2D eigenvalue weighted by Gasteiger charge is 2.28. The summed E-state index contributed by atoms with van der Waals surface area (Å²) in [5, 5.41) is 11.7. The largest absolute Gasteiger partial charge is 0.396 e. The molecule has 2 rings (SSSR count). The number of carbonyl (C=O) groups is 1. The molecule has 0 spiro atoms. The summed E-state index contributed by atoms with van der Waals surface area (Å²) in [5.41, 5.74) is 0. The molecule has 0 saturated carbocycles. The lowest BCUT2D eigenvalue weighted by Gasteiger charge is -2.24. The minimum Gasteiger partial charge on any atom is -0.396 e. The summed E-state index contributed by atoms with van der Waals surface area (Å²) in [5.74, 6) is 0.753. The molecule has 0 saturated heterocycles. The molecule has 1 aliphatic heterocycles. The van der Waals surface area contributed by atoms with Gasteiger partial charge in [0.2, 0.25) is 5.91 Å². The third-order valence-corrected chi connectivity index (χ3v) is 3.22. The van der Waals surface area contributed by atoms with E-state index >= 15 is 0 Å². The number of fused-ring (bicyclic) bond motifs is 1. The number of amides is 1. The third kappa shape index (κ3) is 2.66. The fourth-order valence-corrected chi connectivity index (χ4v) is 2.27. The average Bonchev–Trinajstić information content (AvgIpc) is 2.76. The Balaban J connectivity index is 2.02. The molecule has 2 unspecified atom stereocenters. The lowest BCUT2D eigenvalue weighted by atomic mass is 9.97. The second-order valence-electron chi connectivity index (χ2n) is 4.60. The van der Waals surface area contributed by atoms with Gasteiger partial charge in [0.15, 0.2) is 0 Å². The van der Waals surface area contributed by atoms with Crippen LogP contribution in [-0.4, -0.2) is 33.2 Å². The fraction of sp³-hybridized carbons (Fsp3) is 0.667. The molecule has 1 aliphatic rings. The topological polar surface area (TPSA) is 67.2 Å². The maximum absolute atomic E-state index is 12.1. The monoisotopic (exact) mass is 237 g/mol. The number of nitrogens with one attached hydrogen (secondary N) is 1. The standard InChI is InChI=1S/C12H19N3O2/c1-9(4-8-16)14-12(17)10-3-2-6-15-7-5-13-11(10)15/h5,7,9-10,16H,2-4,6,8H2,1H3,(H,14,17). The molecule has 94 valence electrons.